The summed E-state index contributed by atoms with van der Waals surface area (Å²) in [4.78, 5) is 27.2. The summed E-state index contributed by atoms with van der Waals surface area (Å²) < 4.78 is 52.5. The Labute approximate surface area is 220 Å². The van der Waals surface area contributed by atoms with E-state index in [9.17, 15) is 26.8 Å². The van der Waals surface area contributed by atoms with Crippen LogP contribution >= 0.6 is 23.2 Å². The van der Waals surface area contributed by atoms with Gasteiger partial charge in [0.2, 0.25) is 21.8 Å². The number of nitrogens with zero attached hydrogens (tertiary/aromatic N) is 2. The highest BCUT2D eigenvalue weighted by Crippen LogP contribution is 2.24. The maximum Gasteiger partial charge on any atom is 0.242 e. The molecule has 0 spiro atoms. The molecule has 1 N–H and O–H groups in total. The molecule has 0 radical (unpaired) electrons. The summed E-state index contributed by atoms with van der Waals surface area (Å²) in [5.74, 6) is -3.03. The Bertz CT molecular complexity index is 1200. The minimum absolute atomic E-state index is 0.0362. The smallest absolute Gasteiger partial charge is 0.242 e. The zero-order chi connectivity index (χ0) is 27.0. The summed E-state index contributed by atoms with van der Waals surface area (Å²) in [5.41, 5.74) is 0.532. The first kappa shape index (κ1) is 29.8. The van der Waals surface area contributed by atoms with Crippen LogP contribution in [0.2, 0.25) is 10.0 Å². The van der Waals surface area contributed by atoms with Gasteiger partial charge in [0.25, 0.3) is 0 Å². The van der Waals surface area contributed by atoms with E-state index in [1.54, 1.807) is 19.1 Å². The molecule has 0 saturated carbocycles. The lowest BCUT2D eigenvalue weighted by Gasteiger charge is -2.29. The molecule has 7 nitrogen and oxygen atoms in total. The van der Waals surface area contributed by atoms with Crippen LogP contribution in [0.15, 0.2) is 36.4 Å². The van der Waals surface area contributed by atoms with Gasteiger partial charge in [0, 0.05) is 42.2 Å². The van der Waals surface area contributed by atoms with Crippen LogP contribution in [0.5, 0.6) is 0 Å². The van der Waals surface area contributed by atoms with Gasteiger partial charge in [0.05, 0.1) is 11.9 Å². The van der Waals surface area contributed by atoms with Crippen molar-refractivity contribution in [3.63, 3.8) is 0 Å². The molecule has 0 aliphatic rings. The van der Waals surface area contributed by atoms with E-state index >= 15 is 0 Å². The van der Waals surface area contributed by atoms with Crippen LogP contribution in [0, 0.1) is 11.6 Å². The molecular weight excluding hydrogens is 535 g/mol. The van der Waals surface area contributed by atoms with Crippen molar-refractivity contribution in [3.8, 4) is 0 Å². The zero-order valence-electron chi connectivity index (χ0n) is 20.2. The molecule has 2 aromatic carbocycles. The van der Waals surface area contributed by atoms with Crippen molar-refractivity contribution in [2.45, 2.75) is 45.7 Å². The second kappa shape index (κ2) is 13.2. The van der Waals surface area contributed by atoms with Gasteiger partial charge in [-0.05, 0) is 49.6 Å². The Kier molecular flexibility index (Phi) is 10.9. The van der Waals surface area contributed by atoms with Gasteiger partial charge in [0.15, 0.2) is 11.6 Å². The van der Waals surface area contributed by atoms with Crippen LogP contribution in [-0.4, -0.2) is 50.5 Å². The lowest BCUT2D eigenvalue weighted by molar-refractivity contribution is -0.140. The minimum atomic E-state index is -3.84. The highest BCUT2D eigenvalue weighted by molar-refractivity contribution is 7.92. The molecule has 12 heteroatoms. The lowest BCUT2D eigenvalue weighted by Crippen LogP contribution is -2.48. The van der Waals surface area contributed by atoms with E-state index in [-0.39, 0.29) is 37.5 Å². The number of rotatable bonds is 12. The molecule has 0 aliphatic heterocycles. The first-order valence-corrected chi connectivity index (χ1v) is 13.9. The van der Waals surface area contributed by atoms with Crippen molar-refractivity contribution in [1.82, 2.24) is 10.2 Å². The average Bonchev–Trinajstić information content (AvgIpc) is 2.80. The summed E-state index contributed by atoms with van der Waals surface area (Å²) in [5, 5.41) is 3.52. The van der Waals surface area contributed by atoms with Gasteiger partial charge in [-0.2, -0.15) is 0 Å². The summed E-state index contributed by atoms with van der Waals surface area (Å²) in [6.45, 7) is 3.83. The number of carbonyl (C=O) groups excluding carboxylic acids is 2. The summed E-state index contributed by atoms with van der Waals surface area (Å²) in [6, 6.07) is 6.77. The van der Waals surface area contributed by atoms with Crippen molar-refractivity contribution in [3.05, 3.63) is 63.6 Å². The monoisotopic (exact) mass is 563 g/mol. The Morgan fingerprint density at radius 3 is 2.36 bits per heavy atom. The summed E-state index contributed by atoms with van der Waals surface area (Å²) >= 11 is 12.2. The van der Waals surface area contributed by atoms with E-state index in [2.05, 4.69) is 5.32 Å². The zero-order valence-corrected chi connectivity index (χ0v) is 22.6. The number of benzene rings is 2. The van der Waals surface area contributed by atoms with Crippen LogP contribution in [0.4, 0.5) is 14.5 Å². The highest BCUT2D eigenvalue weighted by Gasteiger charge is 2.27. The number of carbonyl (C=O) groups is 2. The highest BCUT2D eigenvalue weighted by atomic mass is 35.5. The first-order valence-electron chi connectivity index (χ1n) is 11.3. The molecule has 2 aromatic rings. The van der Waals surface area contributed by atoms with Crippen LogP contribution in [0.1, 0.15) is 38.7 Å². The van der Waals surface area contributed by atoms with Crippen molar-refractivity contribution < 1.29 is 26.8 Å². The molecule has 36 heavy (non-hydrogen) atoms. The molecule has 198 valence electrons. The normalized spacial score (nSPS) is 12.2. The van der Waals surface area contributed by atoms with E-state index in [0.717, 1.165) is 35.2 Å². The van der Waals surface area contributed by atoms with Crippen molar-refractivity contribution >= 4 is 50.7 Å². The van der Waals surface area contributed by atoms with E-state index in [1.807, 2.05) is 6.92 Å². The molecule has 0 heterocycles. The predicted octanol–water partition coefficient (Wildman–Crippen LogP) is 4.76. The van der Waals surface area contributed by atoms with Crippen molar-refractivity contribution in [2.24, 2.45) is 0 Å². The van der Waals surface area contributed by atoms with Crippen molar-refractivity contribution in [1.29, 1.82) is 0 Å². The average molecular weight is 564 g/mol. The fraction of sp³-hybridized carbons (Fsp3) is 0.417. The van der Waals surface area contributed by atoms with Gasteiger partial charge >= 0.3 is 0 Å². The van der Waals surface area contributed by atoms with Crippen LogP contribution < -0.4 is 9.62 Å². The van der Waals surface area contributed by atoms with Gasteiger partial charge in [-0.1, -0.05) is 36.2 Å². The van der Waals surface area contributed by atoms with Crippen LogP contribution in [0.3, 0.4) is 0 Å². The number of hydrogen-bond acceptors (Lipinski definition) is 4. The fourth-order valence-corrected chi connectivity index (χ4v) is 4.88. The number of amides is 2. The summed E-state index contributed by atoms with van der Waals surface area (Å²) in [7, 11) is -3.84. The van der Waals surface area contributed by atoms with E-state index in [0.29, 0.717) is 22.2 Å². The van der Waals surface area contributed by atoms with Gasteiger partial charge in [0.1, 0.15) is 6.04 Å². The Hall–Kier alpha value is -2.43. The lowest BCUT2D eigenvalue weighted by atomic mass is 10.1. The second-order valence-corrected chi connectivity index (χ2v) is 11.0. The van der Waals surface area contributed by atoms with Gasteiger partial charge in [-0.15, -0.1) is 0 Å². The maximum atomic E-state index is 13.7. The predicted molar refractivity (Wildman–Crippen MR) is 138 cm³/mol. The van der Waals surface area contributed by atoms with Crippen LogP contribution in [-0.2, 0) is 26.2 Å². The first-order chi connectivity index (χ1) is 16.8. The molecule has 2 rings (SSSR count). The topological polar surface area (TPSA) is 86.8 Å². The number of nitrogens with one attached hydrogen (secondary N) is 1. The molecule has 0 aliphatic carbocycles. The third-order valence-electron chi connectivity index (χ3n) is 5.42. The number of anilines is 1. The van der Waals surface area contributed by atoms with Gasteiger partial charge < -0.3 is 10.2 Å². The molecular formula is C24H29Cl2F2N3O4S. The maximum absolute atomic E-state index is 13.7. The Morgan fingerprint density at radius 1 is 1.08 bits per heavy atom. The third-order valence-corrected chi connectivity index (χ3v) is 7.20. The van der Waals surface area contributed by atoms with E-state index in [1.165, 1.54) is 11.0 Å². The molecule has 0 aromatic heterocycles. The largest absolute Gasteiger partial charge is 0.354 e. The molecule has 1 atom stereocenters. The third kappa shape index (κ3) is 8.31. The molecule has 0 saturated heterocycles. The molecule has 0 unspecified atom stereocenters. The second-order valence-electron chi connectivity index (χ2n) is 8.26. The molecule has 0 fully saturated rings. The standard InChI is InChI=1S/C24H29Cl2F2N3O4S/c1-4-11-29-24(33)16(2)30(15-17-7-8-18(25)13-20(17)26)23(32)6-5-12-31(36(3,34)35)19-9-10-21(27)22(28)14-19/h7-10,13-14,16H,4-6,11-12,15H2,1-3H3,(H,29,33)/t16-/m0/s1. The van der Waals surface area contributed by atoms with E-state index in [4.69, 9.17) is 23.2 Å². The minimum Gasteiger partial charge on any atom is -0.354 e. The SMILES string of the molecule is CCCNC(=O)[C@H](C)N(Cc1ccc(Cl)cc1Cl)C(=O)CCCN(c1ccc(F)c(F)c1)S(C)(=O)=O. The quantitative estimate of drug-likeness (QED) is 0.403. The van der Waals surface area contributed by atoms with Gasteiger partial charge in [-0.3, -0.25) is 13.9 Å². The van der Waals surface area contributed by atoms with E-state index < -0.39 is 33.6 Å². The van der Waals surface area contributed by atoms with Crippen molar-refractivity contribution in [2.75, 3.05) is 23.7 Å². The fourth-order valence-electron chi connectivity index (χ4n) is 3.46. The van der Waals surface area contributed by atoms with Crippen LogP contribution in [0.25, 0.3) is 0 Å². The van der Waals surface area contributed by atoms with Gasteiger partial charge in [-0.25, -0.2) is 17.2 Å². The number of halogens is 4. The molecule has 0 bridgehead atoms. The summed E-state index contributed by atoms with van der Waals surface area (Å²) in [6.07, 6.45) is 1.62. The Morgan fingerprint density at radius 2 is 1.78 bits per heavy atom. The Balaban J connectivity index is 2.20. The molecule has 2 amide bonds. The number of hydrogen-bond donors (Lipinski definition) is 1. The number of sulfonamides is 1.